The molecule has 2 heterocycles. The van der Waals surface area contributed by atoms with Crippen molar-refractivity contribution in [3.8, 4) is 0 Å². The summed E-state index contributed by atoms with van der Waals surface area (Å²) in [6, 6.07) is 8.27. The third-order valence-electron chi connectivity index (χ3n) is 5.55. The van der Waals surface area contributed by atoms with E-state index in [0.717, 1.165) is 25.5 Å². The van der Waals surface area contributed by atoms with Crippen LogP contribution in [0.3, 0.4) is 0 Å². The number of carbonyl (C=O) groups is 2. The first-order valence-electron chi connectivity index (χ1n) is 11.6. The molecular formula is C24H38IN5O3. The minimum atomic E-state index is -0.506. The number of rotatable bonds is 6. The van der Waals surface area contributed by atoms with Crippen molar-refractivity contribution in [3.05, 3.63) is 35.4 Å². The lowest BCUT2D eigenvalue weighted by Crippen LogP contribution is -2.44. The lowest BCUT2D eigenvalue weighted by Gasteiger charge is -2.23. The molecule has 2 aliphatic heterocycles. The third-order valence-corrected chi connectivity index (χ3v) is 5.55. The van der Waals surface area contributed by atoms with Gasteiger partial charge in [-0.2, -0.15) is 0 Å². The summed E-state index contributed by atoms with van der Waals surface area (Å²) in [5.74, 6) is 1.02. The van der Waals surface area contributed by atoms with Crippen molar-refractivity contribution in [1.82, 2.24) is 20.4 Å². The van der Waals surface area contributed by atoms with E-state index in [1.54, 1.807) is 0 Å². The van der Waals surface area contributed by atoms with Crippen molar-refractivity contribution < 1.29 is 14.3 Å². The number of amides is 2. The van der Waals surface area contributed by atoms with E-state index in [2.05, 4.69) is 27.7 Å². The van der Waals surface area contributed by atoms with Gasteiger partial charge in [-0.05, 0) is 51.7 Å². The maximum atomic E-state index is 12.6. The molecule has 2 aliphatic rings. The van der Waals surface area contributed by atoms with Gasteiger partial charge in [0.15, 0.2) is 5.96 Å². The van der Waals surface area contributed by atoms with Crippen LogP contribution < -0.4 is 10.6 Å². The van der Waals surface area contributed by atoms with Gasteiger partial charge in [0.2, 0.25) is 5.91 Å². The highest BCUT2D eigenvalue weighted by Gasteiger charge is 2.28. The molecule has 1 atom stereocenters. The van der Waals surface area contributed by atoms with E-state index < -0.39 is 5.60 Å². The molecule has 0 bridgehead atoms. The van der Waals surface area contributed by atoms with Gasteiger partial charge in [0, 0.05) is 45.7 Å². The van der Waals surface area contributed by atoms with Crippen molar-refractivity contribution in [2.24, 2.45) is 4.99 Å². The van der Waals surface area contributed by atoms with Gasteiger partial charge >= 0.3 is 6.09 Å². The highest BCUT2D eigenvalue weighted by molar-refractivity contribution is 14.0. The number of nitrogens with zero attached hydrogens (tertiary/aromatic N) is 3. The summed E-state index contributed by atoms with van der Waals surface area (Å²) < 4.78 is 5.36. The molecule has 1 aromatic rings. The van der Waals surface area contributed by atoms with Gasteiger partial charge in [0.25, 0.3) is 0 Å². The molecule has 0 saturated carbocycles. The Morgan fingerprint density at radius 3 is 2.42 bits per heavy atom. The van der Waals surface area contributed by atoms with E-state index in [1.165, 1.54) is 11.1 Å². The summed E-state index contributed by atoms with van der Waals surface area (Å²) in [5.41, 5.74) is 1.99. The van der Waals surface area contributed by atoms with E-state index in [1.807, 2.05) is 44.7 Å². The molecule has 33 heavy (non-hydrogen) atoms. The van der Waals surface area contributed by atoms with Crippen molar-refractivity contribution in [2.45, 2.75) is 71.7 Å². The van der Waals surface area contributed by atoms with Gasteiger partial charge in [-0.1, -0.05) is 24.3 Å². The second kappa shape index (κ2) is 12.4. The smallest absolute Gasteiger partial charge is 0.407 e. The summed E-state index contributed by atoms with van der Waals surface area (Å²) in [6.45, 7) is 11.9. The topological polar surface area (TPSA) is 86.3 Å². The fraction of sp³-hybridized carbons (Fsp3) is 0.625. The molecule has 1 aromatic carbocycles. The molecule has 0 spiro atoms. The number of fused-ring (bicyclic) bond motifs is 1. The number of ether oxygens (including phenoxy) is 1. The molecule has 9 heteroatoms. The molecule has 1 unspecified atom stereocenters. The number of hydrogen-bond acceptors (Lipinski definition) is 4. The predicted molar refractivity (Wildman–Crippen MR) is 141 cm³/mol. The Morgan fingerprint density at radius 2 is 1.82 bits per heavy atom. The van der Waals surface area contributed by atoms with Gasteiger partial charge in [-0.3, -0.25) is 9.79 Å². The van der Waals surface area contributed by atoms with Crippen LogP contribution in [0, 0.1) is 0 Å². The third kappa shape index (κ3) is 8.35. The second-order valence-electron chi connectivity index (χ2n) is 9.44. The van der Waals surface area contributed by atoms with E-state index in [0.29, 0.717) is 39.0 Å². The Balaban J connectivity index is 0.00000385. The number of carbonyl (C=O) groups excluding carboxylic acids is 2. The summed E-state index contributed by atoms with van der Waals surface area (Å²) in [7, 11) is 0. The van der Waals surface area contributed by atoms with Crippen molar-refractivity contribution in [1.29, 1.82) is 0 Å². The molecular weight excluding hydrogens is 533 g/mol. The fourth-order valence-electron chi connectivity index (χ4n) is 4.05. The summed E-state index contributed by atoms with van der Waals surface area (Å²) in [5, 5.41) is 6.28. The number of guanidine groups is 1. The average molecular weight is 572 g/mol. The zero-order chi connectivity index (χ0) is 23.1. The molecule has 2 N–H and O–H groups in total. The van der Waals surface area contributed by atoms with Crippen LogP contribution in [0.1, 0.15) is 58.1 Å². The molecule has 1 saturated heterocycles. The van der Waals surface area contributed by atoms with E-state index in [-0.39, 0.29) is 42.0 Å². The van der Waals surface area contributed by atoms with Crippen LogP contribution in [0.2, 0.25) is 0 Å². The minimum Gasteiger partial charge on any atom is -0.444 e. The number of nitrogens with one attached hydrogen (secondary N) is 2. The normalized spacial score (nSPS) is 17.9. The van der Waals surface area contributed by atoms with Crippen LogP contribution in [0.5, 0.6) is 0 Å². The standard InChI is InChI=1S/C24H37N5O3.HI/c1-5-25-22(28-14-12-20(17-28)27-23(31)32-24(2,3)4)26-13-8-11-21(30)29-15-18-9-6-7-10-19(18)16-29;/h6-7,9-10,20H,5,8,11-17H2,1-4H3,(H,25,26)(H,27,31);1H. The molecule has 2 amide bonds. The largest absolute Gasteiger partial charge is 0.444 e. The number of likely N-dealkylation sites (tertiary alicyclic amines) is 1. The molecule has 0 aromatic heterocycles. The second-order valence-corrected chi connectivity index (χ2v) is 9.44. The first kappa shape index (κ1) is 27.2. The molecule has 0 aliphatic carbocycles. The lowest BCUT2D eigenvalue weighted by atomic mass is 10.1. The highest BCUT2D eigenvalue weighted by Crippen LogP contribution is 2.23. The van der Waals surface area contributed by atoms with Crippen LogP contribution in [-0.2, 0) is 22.6 Å². The Kier molecular flexibility index (Phi) is 10.2. The summed E-state index contributed by atoms with van der Waals surface area (Å²) in [4.78, 5) is 33.4. The molecule has 3 rings (SSSR count). The van der Waals surface area contributed by atoms with Crippen molar-refractivity contribution >= 4 is 41.9 Å². The van der Waals surface area contributed by atoms with Gasteiger partial charge in [0.1, 0.15) is 5.60 Å². The first-order chi connectivity index (χ1) is 15.2. The van der Waals surface area contributed by atoms with E-state index in [9.17, 15) is 9.59 Å². The fourth-order valence-corrected chi connectivity index (χ4v) is 4.05. The monoisotopic (exact) mass is 571 g/mol. The van der Waals surface area contributed by atoms with Crippen LogP contribution in [0.4, 0.5) is 4.79 Å². The first-order valence-corrected chi connectivity index (χ1v) is 11.6. The SMILES string of the molecule is CCNC(=NCCCC(=O)N1Cc2ccccc2C1)N1CCC(NC(=O)OC(C)(C)C)C1.I. The number of alkyl carbamates (subject to hydrolysis) is 1. The predicted octanol–water partition coefficient (Wildman–Crippen LogP) is 3.49. The molecule has 184 valence electrons. The van der Waals surface area contributed by atoms with Crippen LogP contribution in [0.15, 0.2) is 29.3 Å². The molecule has 1 fully saturated rings. The quantitative estimate of drug-likeness (QED) is 0.237. The number of hydrogen-bond donors (Lipinski definition) is 2. The van der Waals surface area contributed by atoms with Gasteiger partial charge in [-0.15, -0.1) is 24.0 Å². The van der Waals surface area contributed by atoms with Crippen LogP contribution >= 0.6 is 24.0 Å². The Hall–Kier alpha value is -2.04. The van der Waals surface area contributed by atoms with Gasteiger partial charge in [-0.25, -0.2) is 4.79 Å². The van der Waals surface area contributed by atoms with Crippen molar-refractivity contribution in [2.75, 3.05) is 26.2 Å². The zero-order valence-electron chi connectivity index (χ0n) is 20.2. The maximum Gasteiger partial charge on any atom is 0.407 e. The van der Waals surface area contributed by atoms with E-state index >= 15 is 0 Å². The lowest BCUT2D eigenvalue weighted by molar-refractivity contribution is -0.131. The Bertz CT molecular complexity index is 815. The Morgan fingerprint density at radius 1 is 1.15 bits per heavy atom. The number of benzene rings is 1. The number of aliphatic imine (C=N–C) groups is 1. The van der Waals surface area contributed by atoms with Gasteiger partial charge < -0.3 is 25.2 Å². The average Bonchev–Trinajstić information content (AvgIpc) is 3.35. The van der Waals surface area contributed by atoms with Crippen LogP contribution in [-0.4, -0.2) is 65.6 Å². The minimum absolute atomic E-state index is 0. The molecule has 0 radical (unpaired) electrons. The number of halogens is 1. The van der Waals surface area contributed by atoms with Crippen LogP contribution in [0.25, 0.3) is 0 Å². The molecule has 8 nitrogen and oxygen atoms in total. The van der Waals surface area contributed by atoms with Crippen molar-refractivity contribution in [3.63, 3.8) is 0 Å². The Labute approximate surface area is 214 Å². The highest BCUT2D eigenvalue weighted by atomic mass is 127. The maximum absolute atomic E-state index is 12.6. The zero-order valence-corrected chi connectivity index (χ0v) is 22.6. The summed E-state index contributed by atoms with van der Waals surface area (Å²) >= 11 is 0. The van der Waals surface area contributed by atoms with E-state index in [4.69, 9.17) is 9.73 Å². The summed E-state index contributed by atoms with van der Waals surface area (Å²) in [6.07, 6.45) is 1.68. The van der Waals surface area contributed by atoms with Gasteiger partial charge in [0.05, 0.1) is 6.04 Å².